The summed E-state index contributed by atoms with van der Waals surface area (Å²) in [4.78, 5) is 34.6. The number of ketones is 2. The SMILES string of the molecule is CCOc1ccc(C(=O)C(CCCCCCC(Cc2ccccc2)(C(=O)c2ccc(OCC)cc2)N2CCOCC2)(Cc2ccccc2)N2CCOCC2)cc1. The van der Waals surface area contributed by atoms with Crippen LogP contribution in [0.2, 0.25) is 0 Å². The predicted octanol–water partition coefficient (Wildman–Crippen LogP) is 8.52. The molecule has 0 spiro atoms. The molecule has 2 aliphatic heterocycles. The van der Waals surface area contributed by atoms with Crippen LogP contribution in [-0.4, -0.2) is 98.3 Å². The van der Waals surface area contributed by atoms with Gasteiger partial charge in [-0.1, -0.05) is 86.3 Å². The lowest BCUT2D eigenvalue weighted by Gasteiger charge is -2.45. The van der Waals surface area contributed by atoms with Crippen molar-refractivity contribution in [2.75, 3.05) is 65.8 Å². The molecule has 56 heavy (non-hydrogen) atoms. The molecule has 2 aliphatic rings. The van der Waals surface area contributed by atoms with Crippen molar-refractivity contribution in [1.82, 2.24) is 9.80 Å². The van der Waals surface area contributed by atoms with Gasteiger partial charge in [0, 0.05) is 37.3 Å². The summed E-state index contributed by atoms with van der Waals surface area (Å²) in [5, 5.41) is 0. The van der Waals surface area contributed by atoms with Gasteiger partial charge in [0.2, 0.25) is 0 Å². The number of hydrogen-bond acceptors (Lipinski definition) is 8. The molecule has 298 valence electrons. The highest BCUT2D eigenvalue weighted by Gasteiger charge is 2.46. The maximum absolute atomic E-state index is 14.9. The van der Waals surface area contributed by atoms with E-state index in [0.29, 0.717) is 89.8 Å². The number of carbonyl (C=O) groups is 2. The summed E-state index contributed by atoms with van der Waals surface area (Å²) in [5.74, 6) is 1.85. The molecule has 4 aromatic carbocycles. The van der Waals surface area contributed by atoms with Gasteiger partial charge in [0.1, 0.15) is 11.5 Å². The summed E-state index contributed by atoms with van der Waals surface area (Å²) in [5.41, 5.74) is 2.30. The van der Waals surface area contributed by atoms with Crippen LogP contribution in [0.15, 0.2) is 109 Å². The summed E-state index contributed by atoms with van der Waals surface area (Å²) in [6.07, 6.45) is 6.43. The number of carbonyl (C=O) groups excluding carboxylic acids is 2. The Morgan fingerprint density at radius 3 is 1.21 bits per heavy atom. The molecule has 0 aliphatic carbocycles. The van der Waals surface area contributed by atoms with Crippen molar-refractivity contribution in [2.45, 2.75) is 76.3 Å². The number of hydrogen-bond donors (Lipinski definition) is 0. The van der Waals surface area contributed by atoms with Gasteiger partial charge in [0.05, 0.1) is 50.7 Å². The Morgan fingerprint density at radius 2 is 0.875 bits per heavy atom. The van der Waals surface area contributed by atoms with Crippen molar-refractivity contribution < 1.29 is 28.5 Å². The van der Waals surface area contributed by atoms with Crippen LogP contribution in [0.4, 0.5) is 0 Å². The van der Waals surface area contributed by atoms with Crippen molar-refractivity contribution in [3.05, 3.63) is 131 Å². The molecule has 2 atom stereocenters. The number of Topliss-reactive ketones (excluding diaryl/α,β-unsaturated/α-hetero) is 2. The van der Waals surface area contributed by atoms with E-state index < -0.39 is 11.1 Å². The summed E-state index contributed by atoms with van der Waals surface area (Å²) in [6.45, 7) is 10.4. The van der Waals surface area contributed by atoms with Crippen molar-refractivity contribution in [3.8, 4) is 11.5 Å². The van der Waals surface area contributed by atoms with Gasteiger partial charge >= 0.3 is 0 Å². The summed E-state index contributed by atoms with van der Waals surface area (Å²) in [7, 11) is 0. The molecule has 6 rings (SSSR count). The quantitative estimate of drug-likeness (QED) is 0.0619. The van der Waals surface area contributed by atoms with E-state index in [1.807, 2.05) is 74.5 Å². The first-order chi connectivity index (χ1) is 27.5. The van der Waals surface area contributed by atoms with Gasteiger partial charge in [0.15, 0.2) is 11.6 Å². The molecule has 0 amide bonds. The molecule has 2 fully saturated rings. The number of nitrogens with zero attached hydrogens (tertiary/aromatic N) is 2. The minimum Gasteiger partial charge on any atom is -0.494 e. The largest absolute Gasteiger partial charge is 0.494 e. The number of unbranched alkanes of at least 4 members (excludes halogenated alkanes) is 3. The summed E-state index contributed by atoms with van der Waals surface area (Å²) >= 11 is 0. The highest BCUT2D eigenvalue weighted by atomic mass is 16.5. The van der Waals surface area contributed by atoms with Crippen LogP contribution >= 0.6 is 0 Å². The molecule has 0 aromatic heterocycles. The molecule has 0 radical (unpaired) electrons. The normalized spacial score (nSPS) is 17.4. The van der Waals surface area contributed by atoms with Gasteiger partial charge in [-0.3, -0.25) is 19.4 Å². The van der Waals surface area contributed by atoms with E-state index >= 15 is 0 Å². The van der Waals surface area contributed by atoms with Crippen LogP contribution in [0.5, 0.6) is 11.5 Å². The summed E-state index contributed by atoms with van der Waals surface area (Å²) in [6, 6.07) is 36.2. The first-order valence-corrected chi connectivity index (χ1v) is 20.8. The van der Waals surface area contributed by atoms with E-state index in [0.717, 1.165) is 61.2 Å². The molecule has 2 unspecified atom stereocenters. The molecular weight excluding hydrogens is 701 g/mol. The number of ether oxygens (including phenoxy) is 4. The Bertz CT molecular complexity index is 1640. The lowest BCUT2D eigenvalue weighted by Crippen LogP contribution is -2.59. The number of rotatable bonds is 21. The van der Waals surface area contributed by atoms with Crippen molar-refractivity contribution >= 4 is 11.6 Å². The Morgan fingerprint density at radius 1 is 0.518 bits per heavy atom. The van der Waals surface area contributed by atoms with E-state index in [1.165, 1.54) is 0 Å². The first kappa shape index (κ1) is 41.3. The first-order valence-electron chi connectivity index (χ1n) is 20.8. The van der Waals surface area contributed by atoms with Crippen LogP contribution in [0.3, 0.4) is 0 Å². The fourth-order valence-electron chi connectivity index (χ4n) is 8.71. The standard InChI is InChI=1S/C48H60N2O6/c1-3-55-43-23-19-41(20-24-43)45(51)47(49-29-33-53-34-30-49,37-39-15-9-7-10-16-39)27-13-5-6-14-28-48(50-31-35-54-36-32-50,38-40-17-11-8-12-18-40)46(52)42-21-25-44(26-22-42)56-4-2/h7-12,15-26H,3-6,13-14,27-38H2,1-2H3. The third-order valence-electron chi connectivity index (χ3n) is 11.5. The maximum atomic E-state index is 14.9. The molecular formula is C48H60N2O6. The van der Waals surface area contributed by atoms with Crippen LogP contribution in [0, 0.1) is 0 Å². The molecule has 2 heterocycles. The zero-order valence-corrected chi connectivity index (χ0v) is 33.5. The zero-order valence-electron chi connectivity index (χ0n) is 33.5. The fraction of sp³-hybridized carbons (Fsp3) is 0.458. The van der Waals surface area contributed by atoms with Gasteiger partial charge < -0.3 is 18.9 Å². The Balaban J connectivity index is 1.23. The van der Waals surface area contributed by atoms with Gasteiger partial charge in [-0.15, -0.1) is 0 Å². The second kappa shape index (κ2) is 20.7. The van der Waals surface area contributed by atoms with Crippen LogP contribution < -0.4 is 9.47 Å². The van der Waals surface area contributed by atoms with E-state index in [1.54, 1.807) is 0 Å². The van der Waals surface area contributed by atoms with Crippen LogP contribution in [0.1, 0.15) is 84.2 Å². The topological polar surface area (TPSA) is 77.5 Å². The van der Waals surface area contributed by atoms with Crippen LogP contribution in [-0.2, 0) is 22.3 Å². The Kier molecular flexibility index (Phi) is 15.3. The number of benzene rings is 4. The second-order valence-corrected chi connectivity index (χ2v) is 15.1. The smallest absolute Gasteiger partial charge is 0.183 e. The lowest BCUT2D eigenvalue weighted by atomic mass is 9.76. The molecule has 8 nitrogen and oxygen atoms in total. The molecule has 0 saturated carbocycles. The fourth-order valence-corrected chi connectivity index (χ4v) is 8.71. The van der Waals surface area contributed by atoms with Crippen molar-refractivity contribution in [1.29, 1.82) is 0 Å². The highest BCUT2D eigenvalue weighted by molar-refractivity contribution is 6.04. The molecule has 8 heteroatoms. The maximum Gasteiger partial charge on any atom is 0.183 e. The average Bonchev–Trinajstić information content (AvgIpc) is 3.25. The third-order valence-corrected chi connectivity index (χ3v) is 11.5. The average molecular weight is 761 g/mol. The highest BCUT2D eigenvalue weighted by Crippen LogP contribution is 2.36. The van der Waals surface area contributed by atoms with E-state index in [2.05, 4.69) is 58.3 Å². The van der Waals surface area contributed by atoms with E-state index in [9.17, 15) is 9.59 Å². The molecule has 4 aromatic rings. The van der Waals surface area contributed by atoms with Gasteiger partial charge in [-0.05, 0) is 99.2 Å². The van der Waals surface area contributed by atoms with Gasteiger partial charge in [0.25, 0.3) is 0 Å². The van der Waals surface area contributed by atoms with E-state index in [-0.39, 0.29) is 11.6 Å². The molecule has 0 N–H and O–H groups in total. The molecule has 0 bridgehead atoms. The van der Waals surface area contributed by atoms with Gasteiger partial charge in [-0.25, -0.2) is 0 Å². The predicted molar refractivity (Wildman–Crippen MR) is 222 cm³/mol. The van der Waals surface area contributed by atoms with Gasteiger partial charge in [-0.2, -0.15) is 0 Å². The lowest BCUT2D eigenvalue weighted by molar-refractivity contribution is -0.0196. The third kappa shape index (κ3) is 10.3. The Labute approximate surface area is 334 Å². The minimum absolute atomic E-state index is 0.154. The summed E-state index contributed by atoms with van der Waals surface area (Å²) < 4.78 is 23.0. The zero-order chi connectivity index (χ0) is 39.1. The number of morpholine rings is 2. The van der Waals surface area contributed by atoms with Crippen LogP contribution in [0.25, 0.3) is 0 Å². The van der Waals surface area contributed by atoms with E-state index in [4.69, 9.17) is 18.9 Å². The molecule has 2 saturated heterocycles. The Hall–Kier alpha value is -4.34. The van der Waals surface area contributed by atoms with Crippen molar-refractivity contribution in [3.63, 3.8) is 0 Å². The van der Waals surface area contributed by atoms with Crippen molar-refractivity contribution in [2.24, 2.45) is 0 Å². The monoisotopic (exact) mass is 760 g/mol. The minimum atomic E-state index is -0.716. The second-order valence-electron chi connectivity index (χ2n) is 15.1.